The molecule has 0 heterocycles. The van der Waals surface area contributed by atoms with Gasteiger partial charge in [-0.3, -0.25) is 0 Å². The summed E-state index contributed by atoms with van der Waals surface area (Å²) >= 11 is 1.46. The van der Waals surface area contributed by atoms with Gasteiger partial charge in [0.05, 0.1) is 0 Å². The number of nitrogens with one attached hydrogen (secondary N) is 1. The van der Waals surface area contributed by atoms with Crippen molar-refractivity contribution >= 4 is 11.8 Å². The number of benzene rings is 2. The summed E-state index contributed by atoms with van der Waals surface area (Å²) in [7, 11) is 0. The summed E-state index contributed by atoms with van der Waals surface area (Å²) in [6.45, 7) is 5.98. The van der Waals surface area contributed by atoms with Gasteiger partial charge >= 0.3 is 0 Å². The molecule has 0 unspecified atom stereocenters. The van der Waals surface area contributed by atoms with E-state index in [1.54, 1.807) is 6.07 Å². The van der Waals surface area contributed by atoms with E-state index < -0.39 is 0 Å². The Labute approximate surface area is 124 Å². The fourth-order valence-corrected chi connectivity index (χ4v) is 2.70. The number of hydrogen-bond acceptors (Lipinski definition) is 2. The molecule has 0 aliphatic rings. The highest BCUT2D eigenvalue weighted by atomic mass is 32.2. The Morgan fingerprint density at radius 1 is 1.10 bits per heavy atom. The maximum absolute atomic E-state index is 14.1. The van der Waals surface area contributed by atoms with Crippen LogP contribution in [0.2, 0.25) is 0 Å². The molecule has 1 N–H and O–H groups in total. The summed E-state index contributed by atoms with van der Waals surface area (Å²) in [6.07, 6.45) is 0. The summed E-state index contributed by atoms with van der Waals surface area (Å²) in [6, 6.07) is 15.3. The summed E-state index contributed by atoms with van der Waals surface area (Å²) in [5.41, 5.74) is 0.987. The minimum atomic E-state index is -0.150. The van der Waals surface area contributed by atoms with Crippen LogP contribution in [-0.4, -0.2) is 6.54 Å². The molecule has 0 amide bonds. The minimum Gasteiger partial charge on any atom is -0.312 e. The lowest BCUT2D eigenvalue weighted by molar-refractivity contribution is 0.548. The van der Waals surface area contributed by atoms with Gasteiger partial charge in [0, 0.05) is 16.3 Å². The van der Waals surface area contributed by atoms with Crippen LogP contribution in [-0.2, 0) is 6.54 Å². The van der Waals surface area contributed by atoms with Gasteiger partial charge in [0.25, 0.3) is 0 Å². The lowest BCUT2D eigenvalue weighted by Crippen LogP contribution is -2.18. The SMILES string of the molecule is CC(C)CNCc1ccc(Sc2ccccc2)c(F)c1. The van der Waals surface area contributed by atoms with Gasteiger partial charge in [-0.1, -0.05) is 49.9 Å². The molecule has 2 aromatic rings. The molecule has 0 bridgehead atoms. The molecule has 0 radical (unpaired) electrons. The van der Waals surface area contributed by atoms with E-state index in [-0.39, 0.29) is 5.82 Å². The van der Waals surface area contributed by atoms with E-state index in [1.165, 1.54) is 11.8 Å². The third-order valence-electron chi connectivity index (χ3n) is 2.85. The van der Waals surface area contributed by atoms with E-state index in [4.69, 9.17) is 0 Å². The second-order valence-electron chi connectivity index (χ2n) is 5.20. The van der Waals surface area contributed by atoms with Gasteiger partial charge in [-0.05, 0) is 42.3 Å². The van der Waals surface area contributed by atoms with Crippen molar-refractivity contribution in [1.29, 1.82) is 0 Å². The van der Waals surface area contributed by atoms with Crippen molar-refractivity contribution in [2.45, 2.75) is 30.2 Å². The van der Waals surface area contributed by atoms with Crippen LogP contribution in [0.15, 0.2) is 58.3 Å². The standard InChI is InChI=1S/C17H20FNS/c1-13(2)11-19-12-14-8-9-17(16(18)10-14)20-15-6-4-3-5-7-15/h3-10,13,19H,11-12H2,1-2H3. The van der Waals surface area contributed by atoms with E-state index in [2.05, 4.69) is 19.2 Å². The predicted octanol–water partition coefficient (Wildman–Crippen LogP) is 4.72. The molecule has 0 saturated carbocycles. The van der Waals surface area contributed by atoms with Crippen LogP contribution in [0.1, 0.15) is 19.4 Å². The average molecular weight is 289 g/mol. The smallest absolute Gasteiger partial charge is 0.137 e. The van der Waals surface area contributed by atoms with Crippen LogP contribution >= 0.6 is 11.8 Å². The van der Waals surface area contributed by atoms with Gasteiger partial charge in [-0.2, -0.15) is 0 Å². The minimum absolute atomic E-state index is 0.150. The lowest BCUT2D eigenvalue weighted by Gasteiger charge is -2.09. The van der Waals surface area contributed by atoms with Crippen molar-refractivity contribution in [1.82, 2.24) is 5.32 Å². The van der Waals surface area contributed by atoms with Gasteiger partial charge in [-0.25, -0.2) is 4.39 Å². The summed E-state index contributed by atoms with van der Waals surface area (Å²) in [4.78, 5) is 1.72. The molecule has 0 atom stereocenters. The van der Waals surface area contributed by atoms with E-state index >= 15 is 0 Å². The molecule has 0 aromatic heterocycles. The molecule has 0 spiro atoms. The van der Waals surface area contributed by atoms with E-state index in [9.17, 15) is 4.39 Å². The molecule has 0 aliphatic carbocycles. The fourth-order valence-electron chi connectivity index (χ4n) is 1.86. The number of hydrogen-bond donors (Lipinski definition) is 1. The van der Waals surface area contributed by atoms with Crippen LogP contribution < -0.4 is 5.32 Å². The molecule has 0 saturated heterocycles. The Morgan fingerprint density at radius 2 is 1.85 bits per heavy atom. The number of halogens is 1. The first-order valence-corrected chi connectivity index (χ1v) is 7.69. The van der Waals surface area contributed by atoms with Gasteiger partial charge in [0.2, 0.25) is 0 Å². The molecule has 2 aromatic carbocycles. The highest BCUT2D eigenvalue weighted by molar-refractivity contribution is 7.99. The molecule has 0 aliphatic heterocycles. The van der Waals surface area contributed by atoms with Gasteiger partial charge < -0.3 is 5.32 Å². The molecule has 1 nitrogen and oxygen atoms in total. The fraction of sp³-hybridized carbons (Fsp3) is 0.294. The Hall–Kier alpha value is -1.32. The van der Waals surface area contributed by atoms with E-state index in [1.807, 2.05) is 42.5 Å². The summed E-state index contributed by atoms with van der Waals surface area (Å²) < 4.78 is 14.1. The molecular formula is C17H20FNS. The Balaban J connectivity index is 1.99. The predicted molar refractivity (Wildman–Crippen MR) is 83.5 cm³/mol. The second-order valence-corrected chi connectivity index (χ2v) is 6.32. The quantitative estimate of drug-likeness (QED) is 0.825. The topological polar surface area (TPSA) is 12.0 Å². The summed E-state index contributed by atoms with van der Waals surface area (Å²) in [5, 5.41) is 3.32. The van der Waals surface area contributed by atoms with Crippen LogP contribution in [0, 0.1) is 11.7 Å². The van der Waals surface area contributed by atoms with Crippen LogP contribution in [0.5, 0.6) is 0 Å². The van der Waals surface area contributed by atoms with E-state index in [0.717, 1.165) is 17.0 Å². The van der Waals surface area contributed by atoms with Crippen LogP contribution in [0.4, 0.5) is 4.39 Å². The number of rotatable bonds is 6. The zero-order chi connectivity index (χ0) is 14.4. The maximum Gasteiger partial charge on any atom is 0.137 e. The first-order valence-electron chi connectivity index (χ1n) is 6.87. The Kier molecular flexibility index (Phi) is 5.62. The second kappa shape index (κ2) is 7.46. The largest absolute Gasteiger partial charge is 0.312 e. The van der Waals surface area contributed by atoms with Gasteiger partial charge in [0.1, 0.15) is 5.82 Å². The van der Waals surface area contributed by atoms with Crippen molar-refractivity contribution < 1.29 is 4.39 Å². The van der Waals surface area contributed by atoms with Gasteiger partial charge in [-0.15, -0.1) is 0 Å². The summed E-state index contributed by atoms with van der Waals surface area (Å²) in [5.74, 6) is 0.454. The maximum atomic E-state index is 14.1. The molecular weight excluding hydrogens is 269 g/mol. The molecule has 2 rings (SSSR count). The van der Waals surface area contributed by atoms with Crippen molar-refractivity contribution in [2.75, 3.05) is 6.54 Å². The van der Waals surface area contributed by atoms with Crippen molar-refractivity contribution in [3.63, 3.8) is 0 Å². The van der Waals surface area contributed by atoms with Crippen LogP contribution in [0.3, 0.4) is 0 Å². The molecule has 0 fully saturated rings. The third kappa shape index (κ3) is 4.66. The molecule has 3 heteroatoms. The van der Waals surface area contributed by atoms with E-state index in [0.29, 0.717) is 17.4 Å². The average Bonchev–Trinajstić information content (AvgIpc) is 2.42. The van der Waals surface area contributed by atoms with Gasteiger partial charge in [0.15, 0.2) is 0 Å². The highest BCUT2D eigenvalue weighted by Crippen LogP contribution is 2.29. The highest BCUT2D eigenvalue weighted by Gasteiger charge is 2.05. The third-order valence-corrected chi connectivity index (χ3v) is 3.91. The first kappa shape index (κ1) is 15.1. The normalized spacial score (nSPS) is 11.0. The van der Waals surface area contributed by atoms with Crippen molar-refractivity contribution in [3.8, 4) is 0 Å². The monoisotopic (exact) mass is 289 g/mol. The zero-order valence-corrected chi connectivity index (χ0v) is 12.7. The zero-order valence-electron chi connectivity index (χ0n) is 11.9. The lowest BCUT2D eigenvalue weighted by atomic mass is 10.2. The Morgan fingerprint density at radius 3 is 2.50 bits per heavy atom. The first-order chi connectivity index (χ1) is 9.65. The Bertz CT molecular complexity index is 540. The molecule has 106 valence electrons. The van der Waals surface area contributed by atoms with Crippen LogP contribution in [0.25, 0.3) is 0 Å². The van der Waals surface area contributed by atoms with Crippen molar-refractivity contribution in [2.24, 2.45) is 5.92 Å². The van der Waals surface area contributed by atoms with Crippen molar-refractivity contribution in [3.05, 3.63) is 59.9 Å². The molecule has 20 heavy (non-hydrogen) atoms.